The van der Waals surface area contributed by atoms with Gasteiger partial charge in [-0.3, -0.25) is 0 Å². The summed E-state index contributed by atoms with van der Waals surface area (Å²) in [5.41, 5.74) is 11.6. The van der Waals surface area contributed by atoms with Gasteiger partial charge in [0.05, 0.1) is 12.0 Å². The predicted octanol–water partition coefficient (Wildman–Crippen LogP) is 2.58. The van der Waals surface area contributed by atoms with Gasteiger partial charge in [-0.2, -0.15) is 0 Å². The molecule has 0 saturated heterocycles. The first-order chi connectivity index (χ1) is 7.09. The number of aromatic amines is 1. The van der Waals surface area contributed by atoms with Crippen molar-refractivity contribution < 1.29 is 0 Å². The molecule has 78 valence electrons. The van der Waals surface area contributed by atoms with Crippen molar-refractivity contribution >= 4 is 5.82 Å². The molecule has 3 N–H and O–H groups in total. The van der Waals surface area contributed by atoms with Crippen LogP contribution in [0.1, 0.15) is 16.7 Å². The molecule has 0 bridgehead atoms. The van der Waals surface area contributed by atoms with E-state index in [0.717, 1.165) is 11.3 Å². The van der Waals surface area contributed by atoms with Gasteiger partial charge in [-0.25, -0.2) is 4.98 Å². The van der Waals surface area contributed by atoms with E-state index in [9.17, 15) is 0 Å². The second-order valence-corrected chi connectivity index (χ2v) is 3.94. The minimum atomic E-state index is 0.560. The molecular formula is C12H15N3. The number of aromatic nitrogens is 2. The van der Waals surface area contributed by atoms with Crippen LogP contribution >= 0.6 is 0 Å². The van der Waals surface area contributed by atoms with Gasteiger partial charge < -0.3 is 10.7 Å². The van der Waals surface area contributed by atoms with Gasteiger partial charge in [0, 0.05) is 5.56 Å². The summed E-state index contributed by atoms with van der Waals surface area (Å²) in [7, 11) is 0. The summed E-state index contributed by atoms with van der Waals surface area (Å²) in [6.45, 7) is 6.28. The summed E-state index contributed by atoms with van der Waals surface area (Å²) in [6.07, 6.45) is 1.63. The number of nitrogen functional groups attached to an aromatic ring is 1. The smallest absolute Gasteiger partial charge is 0.149 e. The predicted molar refractivity (Wildman–Crippen MR) is 62.6 cm³/mol. The monoisotopic (exact) mass is 201 g/mol. The zero-order valence-corrected chi connectivity index (χ0v) is 9.26. The lowest BCUT2D eigenvalue weighted by Crippen LogP contribution is -1.94. The molecule has 0 atom stereocenters. The molecule has 0 unspecified atom stereocenters. The first kappa shape index (κ1) is 9.77. The van der Waals surface area contributed by atoms with E-state index in [2.05, 4.69) is 42.9 Å². The van der Waals surface area contributed by atoms with Crippen molar-refractivity contribution in [2.24, 2.45) is 0 Å². The molecule has 15 heavy (non-hydrogen) atoms. The Morgan fingerprint density at radius 1 is 1.13 bits per heavy atom. The van der Waals surface area contributed by atoms with E-state index in [4.69, 9.17) is 5.73 Å². The van der Waals surface area contributed by atoms with E-state index in [-0.39, 0.29) is 0 Å². The number of nitrogens with one attached hydrogen (secondary N) is 1. The van der Waals surface area contributed by atoms with E-state index < -0.39 is 0 Å². The highest BCUT2D eigenvalue weighted by atomic mass is 15.0. The standard InChI is InChI=1S/C12H15N3/c1-7-4-8(2)10(9(3)5-7)11-12(13)15-6-14-11/h4-6H,13H2,1-3H3,(H,14,15). The summed E-state index contributed by atoms with van der Waals surface area (Å²) in [5, 5.41) is 0. The number of benzene rings is 1. The molecule has 0 aliphatic rings. The fourth-order valence-electron chi connectivity index (χ4n) is 2.08. The van der Waals surface area contributed by atoms with Crippen molar-refractivity contribution in [2.45, 2.75) is 20.8 Å². The molecule has 2 aromatic rings. The molecule has 3 heteroatoms. The molecule has 0 amide bonds. The number of aryl methyl sites for hydroxylation is 3. The van der Waals surface area contributed by atoms with E-state index in [1.165, 1.54) is 16.7 Å². The zero-order valence-electron chi connectivity index (χ0n) is 9.26. The average molecular weight is 201 g/mol. The molecule has 0 saturated carbocycles. The van der Waals surface area contributed by atoms with Crippen LogP contribution in [0.25, 0.3) is 11.3 Å². The lowest BCUT2D eigenvalue weighted by atomic mass is 9.97. The van der Waals surface area contributed by atoms with Crippen molar-refractivity contribution in [1.82, 2.24) is 9.97 Å². The summed E-state index contributed by atoms with van der Waals surface area (Å²) in [4.78, 5) is 7.11. The third kappa shape index (κ3) is 1.61. The molecule has 1 heterocycles. The highest BCUT2D eigenvalue weighted by molar-refractivity contribution is 5.75. The second-order valence-electron chi connectivity index (χ2n) is 3.94. The van der Waals surface area contributed by atoms with Crippen molar-refractivity contribution in [1.29, 1.82) is 0 Å². The third-order valence-corrected chi connectivity index (χ3v) is 2.60. The first-order valence-corrected chi connectivity index (χ1v) is 4.96. The van der Waals surface area contributed by atoms with Gasteiger partial charge >= 0.3 is 0 Å². The van der Waals surface area contributed by atoms with E-state index in [1.807, 2.05) is 0 Å². The van der Waals surface area contributed by atoms with Crippen molar-refractivity contribution in [3.63, 3.8) is 0 Å². The van der Waals surface area contributed by atoms with Gasteiger partial charge in [0.15, 0.2) is 0 Å². The van der Waals surface area contributed by atoms with Crippen LogP contribution in [0.3, 0.4) is 0 Å². The Morgan fingerprint density at radius 3 is 2.20 bits per heavy atom. The van der Waals surface area contributed by atoms with Gasteiger partial charge in [0.1, 0.15) is 5.82 Å². The molecule has 0 fully saturated rings. The second kappa shape index (κ2) is 3.42. The molecule has 0 radical (unpaired) electrons. The van der Waals surface area contributed by atoms with Crippen LogP contribution in [0.15, 0.2) is 18.5 Å². The van der Waals surface area contributed by atoms with Gasteiger partial charge in [0.2, 0.25) is 0 Å². The van der Waals surface area contributed by atoms with Gasteiger partial charge in [-0.1, -0.05) is 17.7 Å². The fourth-order valence-corrected chi connectivity index (χ4v) is 2.08. The topological polar surface area (TPSA) is 54.7 Å². The van der Waals surface area contributed by atoms with E-state index >= 15 is 0 Å². The maximum Gasteiger partial charge on any atom is 0.149 e. The summed E-state index contributed by atoms with van der Waals surface area (Å²) < 4.78 is 0. The SMILES string of the molecule is Cc1cc(C)c(-c2[nH]cnc2N)c(C)c1. The molecule has 0 aliphatic carbocycles. The lowest BCUT2D eigenvalue weighted by Gasteiger charge is -2.10. The lowest BCUT2D eigenvalue weighted by molar-refractivity contribution is 1.28. The van der Waals surface area contributed by atoms with Crippen LogP contribution < -0.4 is 5.73 Å². The Kier molecular flexibility index (Phi) is 2.23. The largest absolute Gasteiger partial charge is 0.382 e. The molecule has 2 rings (SSSR count). The van der Waals surface area contributed by atoms with Crippen LogP contribution in [0, 0.1) is 20.8 Å². The average Bonchev–Trinajstić information content (AvgIpc) is 2.50. The maximum atomic E-state index is 5.81. The minimum Gasteiger partial charge on any atom is -0.382 e. The van der Waals surface area contributed by atoms with Gasteiger partial charge in [-0.05, 0) is 31.9 Å². The molecular weight excluding hydrogens is 186 g/mol. The Bertz CT molecular complexity index is 474. The van der Waals surface area contributed by atoms with Crippen LogP contribution in [0.2, 0.25) is 0 Å². The molecule has 0 spiro atoms. The van der Waals surface area contributed by atoms with Crippen LogP contribution in [0.5, 0.6) is 0 Å². The molecule has 3 nitrogen and oxygen atoms in total. The zero-order chi connectivity index (χ0) is 11.0. The van der Waals surface area contributed by atoms with Crippen LogP contribution in [0.4, 0.5) is 5.82 Å². The van der Waals surface area contributed by atoms with Crippen LogP contribution in [-0.4, -0.2) is 9.97 Å². The number of imidazole rings is 1. The van der Waals surface area contributed by atoms with Gasteiger partial charge in [0.25, 0.3) is 0 Å². The number of nitrogens with zero attached hydrogens (tertiary/aromatic N) is 1. The van der Waals surface area contributed by atoms with Crippen molar-refractivity contribution in [3.8, 4) is 11.3 Å². The number of hydrogen-bond donors (Lipinski definition) is 2. The van der Waals surface area contributed by atoms with Crippen molar-refractivity contribution in [2.75, 3.05) is 5.73 Å². The Labute approximate surface area is 89.4 Å². The number of H-pyrrole nitrogens is 1. The Hall–Kier alpha value is -1.77. The fraction of sp³-hybridized carbons (Fsp3) is 0.250. The molecule has 0 aliphatic heterocycles. The van der Waals surface area contributed by atoms with E-state index in [1.54, 1.807) is 6.33 Å². The Balaban J connectivity index is 2.68. The summed E-state index contributed by atoms with van der Waals surface area (Å²) in [6, 6.07) is 4.31. The maximum absolute atomic E-state index is 5.81. The summed E-state index contributed by atoms with van der Waals surface area (Å²) in [5.74, 6) is 0.560. The molecule has 1 aromatic carbocycles. The highest BCUT2D eigenvalue weighted by Crippen LogP contribution is 2.29. The highest BCUT2D eigenvalue weighted by Gasteiger charge is 2.10. The number of hydrogen-bond acceptors (Lipinski definition) is 2. The number of rotatable bonds is 1. The van der Waals surface area contributed by atoms with Crippen molar-refractivity contribution in [3.05, 3.63) is 35.2 Å². The summed E-state index contributed by atoms with van der Waals surface area (Å²) >= 11 is 0. The minimum absolute atomic E-state index is 0.560. The van der Waals surface area contributed by atoms with Gasteiger partial charge in [-0.15, -0.1) is 0 Å². The normalized spacial score (nSPS) is 10.6. The quantitative estimate of drug-likeness (QED) is 0.745. The number of nitrogens with two attached hydrogens (primary N) is 1. The van der Waals surface area contributed by atoms with Crippen LogP contribution in [-0.2, 0) is 0 Å². The third-order valence-electron chi connectivity index (χ3n) is 2.60. The first-order valence-electron chi connectivity index (χ1n) is 4.96. The Morgan fingerprint density at radius 2 is 1.73 bits per heavy atom. The molecule has 1 aromatic heterocycles. The van der Waals surface area contributed by atoms with E-state index in [0.29, 0.717) is 5.82 Å². The number of anilines is 1.